The Morgan fingerprint density at radius 1 is 1.64 bits per heavy atom. The Morgan fingerprint density at radius 3 is 2.36 bits per heavy atom. The second-order valence-corrected chi connectivity index (χ2v) is 1.60. The van der Waals surface area contributed by atoms with Crippen LogP contribution < -0.4 is 0 Å². The Labute approximate surface area is 62.3 Å². The summed E-state index contributed by atoms with van der Waals surface area (Å²) in [7, 11) is 1.00. The zero-order valence-corrected chi connectivity index (χ0v) is 5.88. The van der Waals surface area contributed by atoms with Crippen molar-refractivity contribution in [3.63, 3.8) is 0 Å². The van der Waals surface area contributed by atoms with Crippen molar-refractivity contribution in [2.45, 2.75) is 6.43 Å². The van der Waals surface area contributed by atoms with Crippen LogP contribution in [0, 0.1) is 0 Å². The summed E-state index contributed by atoms with van der Waals surface area (Å²) < 4.78 is 27.4. The van der Waals surface area contributed by atoms with Crippen LogP contribution in [0.25, 0.3) is 0 Å². The van der Waals surface area contributed by atoms with Gasteiger partial charge in [0.25, 0.3) is 6.43 Å². The molecule has 0 aromatic carbocycles. The minimum absolute atomic E-state index is 0.236. The highest BCUT2D eigenvalue weighted by atomic mass is 19.3. The maximum atomic E-state index is 11.6. The molecule has 0 atom stereocenters. The first-order chi connectivity index (χ1) is 5.20. The second kappa shape index (κ2) is 4.79. The Morgan fingerprint density at radius 2 is 2.18 bits per heavy atom. The molecule has 0 unspecified atom stereocenters. The molecule has 0 amide bonds. The normalized spacial score (nSPS) is 15.4. The molecular weight excluding hydrogens is 158 g/mol. The van der Waals surface area contributed by atoms with Crippen LogP contribution in [-0.4, -0.2) is 31.0 Å². The summed E-state index contributed by atoms with van der Waals surface area (Å²) in [4.78, 5) is 10.2. The van der Waals surface area contributed by atoms with E-state index in [9.17, 15) is 13.6 Å². The molecule has 0 spiro atoms. The number of aliphatic hydroxyl groups excluding tert-OH is 1. The average Bonchev–Trinajstić information content (AvgIpc) is 2.40. The maximum Gasteiger partial charge on any atom is 0.294 e. The summed E-state index contributed by atoms with van der Waals surface area (Å²) in [6.45, 7) is -0.236. The van der Waals surface area contributed by atoms with E-state index in [-0.39, 0.29) is 6.61 Å². The summed E-state index contributed by atoms with van der Waals surface area (Å²) in [5.41, 5.74) is 0. The molecule has 0 saturated heterocycles. The van der Waals surface area contributed by atoms with Gasteiger partial charge in [0.2, 0.25) is 0 Å². The van der Waals surface area contributed by atoms with E-state index in [4.69, 9.17) is 5.11 Å². The lowest BCUT2D eigenvalue weighted by Gasteiger charge is -1.97. The lowest BCUT2D eigenvalue weighted by molar-refractivity contribution is -0.115. The summed E-state index contributed by atoms with van der Waals surface area (Å²) in [6, 6.07) is 0. The van der Waals surface area contributed by atoms with Crippen molar-refractivity contribution in [2.24, 2.45) is 0 Å². The zero-order chi connectivity index (χ0) is 8.85. The molecule has 0 aromatic rings. The number of carbonyl (C=O) groups is 1. The van der Waals surface area contributed by atoms with E-state index >= 15 is 0 Å². The molecule has 3 nitrogen and oxygen atoms in total. The molecule has 0 aliphatic carbocycles. The highest BCUT2D eigenvalue weighted by Crippen LogP contribution is 2.14. The standard InChI is InChI=1S/C5H4F2O2.CH4O/c6-5(7)4-1-3(8)2-9-4;1-2/h1,5H,2H2;2H,1H3. The van der Waals surface area contributed by atoms with Crippen LogP contribution in [0.4, 0.5) is 8.78 Å². The fraction of sp³-hybridized carbons (Fsp3) is 0.500. The van der Waals surface area contributed by atoms with Gasteiger partial charge in [-0.05, 0) is 0 Å². The molecule has 11 heavy (non-hydrogen) atoms. The monoisotopic (exact) mass is 166 g/mol. The van der Waals surface area contributed by atoms with Gasteiger partial charge >= 0.3 is 0 Å². The summed E-state index contributed by atoms with van der Waals surface area (Å²) in [5.74, 6) is -0.912. The van der Waals surface area contributed by atoms with E-state index < -0.39 is 18.0 Å². The predicted molar refractivity (Wildman–Crippen MR) is 33.2 cm³/mol. The van der Waals surface area contributed by atoms with Crippen molar-refractivity contribution in [2.75, 3.05) is 13.7 Å². The summed E-state index contributed by atoms with van der Waals surface area (Å²) in [5, 5.41) is 7.00. The Hall–Kier alpha value is -0.970. The molecule has 1 aliphatic rings. The van der Waals surface area contributed by atoms with Gasteiger partial charge in [0.1, 0.15) is 0 Å². The minimum Gasteiger partial charge on any atom is -0.484 e. The van der Waals surface area contributed by atoms with E-state index in [0.29, 0.717) is 0 Å². The van der Waals surface area contributed by atoms with Crippen molar-refractivity contribution in [3.05, 3.63) is 11.8 Å². The van der Waals surface area contributed by atoms with Crippen LogP contribution in [-0.2, 0) is 9.53 Å². The molecule has 1 N–H and O–H groups in total. The van der Waals surface area contributed by atoms with Crippen molar-refractivity contribution >= 4 is 5.78 Å². The lowest BCUT2D eigenvalue weighted by Crippen LogP contribution is -1.97. The number of halogens is 2. The number of carbonyl (C=O) groups excluding carboxylic acids is 1. The number of ketones is 1. The fourth-order valence-electron chi connectivity index (χ4n) is 0.522. The minimum atomic E-state index is -2.66. The molecule has 0 radical (unpaired) electrons. The zero-order valence-electron chi connectivity index (χ0n) is 5.88. The van der Waals surface area contributed by atoms with Crippen molar-refractivity contribution < 1.29 is 23.4 Å². The van der Waals surface area contributed by atoms with Gasteiger partial charge in [0.05, 0.1) is 0 Å². The van der Waals surface area contributed by atoms with Crippen LogP contribution in [0.5, 0.6) is 0 Å². The Balaban J connectivity index is 0.000000461. The van der Waals surface area contributed by atoms with E-state index in [1.54, 1.807) is 0 Å². The van der Waals surface area contributed by atoms with E-state index in [2.05, 4.69) is 4.74 Å². The first-order valence-electron chi connectivity index (χ1n) is 2.80. The number of alkyl halides is 2. The highest BCUT2D eigenvalue weighted by molar-refractivity contribution is 5.93. The van der Waals surface area contributed by atoms with Gasteiger partial charge in [0.15, 0.2) is 18.1 Å². The van der Waals surface area contributed by atoms with Gasteiger partial charge in [-0.15, -0.1) is 0 Å². The SMILES string of the molecule is CO.O=C1C=C(C(F)F)OC1. The van der Waals surface area contributed by atoms with E-state index in [0.717, 1.165) is 13.2 Å². The topological polar surface area (TPSA) is 46.5 Å². The van der Waals surface area contributed by atoms with Gasteiger partial charge in [0, 0.05) is 13.2 Å². The molecule has 5 heteroatoms. The molecule has 1 heterocycles. The molecule has 0 fully saturated rings. The largest absolute Gasteiger partial charge is 0.484 e. The van der Waals surface area contributed by atoms with Crippen molar-refractivity contribution in [1.29, 1.82) is 0 Å². The summed E-state index contributed by atoms with van der Waals surface area (Å²) in [6.07, 6.45) is -1.83. The van der Waals surface area contributed by atoms with Gasteiger partial charge in [-0.25, -0.2) is 8.78 Å². The van der Waals surface area contributed by atoms with E-state index in [1.807, 2.05) is 0 Å². The Bertz CT molecular complexity index is 165. The quantitative estimate of drug-likeness (QED) is 0.611. The number of rotatable bonds is 1. The third-order valence-corrected chi connectivity index (χ3v) is 0.899. The second-order valence-electron chi connectivity index (χ2n) is 1.60. The van der Waals surface area contributed by atoms with Crippen LogP contribution in [0.1, 0.15) is 0 Å². The van der Waals surface area contributed by atoms with Gasteiger partial charge in [-0.1, -0.05) is 0 Å². The van der Waals surface area contributed by atoms with Crippen molar-refractivity contribution in [1.82, 2.24) is 0 Å². The first-order valence-corrected chi connectivity index (χ1v) is 2.80. The Kier molecular flexibility index (Phi) is 4.36. The van der Waals surface area contributed by atoms with Crippen molar-refractivity contribution in [3.8, 4) is 0 Å². The maximum absolute atomic E-state index is 11.6. The number of allylic oxidation sites excluding steroid dienone is 1. The molecule has 1 rings (SSSR count). The summed E-state index contributed by atoms with van der Waals surface area (Å²) >= 11 is 0. The molecular formula is C6H8F2O3. The van der Waals surface area contributed by atoms with Crippen LogP contribution in [0.15, 0.2) is 11.8 Å². The molecule has 0 saturated carbocycles. The van der Waals surface area contributed by atoms with Crippen LogP contribution in [0.2, 0.25) is 0 Å². The predicted octanol–water partition coefficient (Wildman–Crippen LogP) is 0.343. The molecule has 0 aromatic heterocycles. The number of aliphatic hydroxyl groups is 1. The average molecular weight is 166 g/mol. The number of hydrogen-bond acceptors (Lipinski definition) is 3. The van der Waals surface area contributed by atoms with Gasteiger partial charge < -0.3 is 9.84 Å². The smallest absolute Gasteiger partial charge is 0.294 e. The fourth-order valence-corrected chi connectivity index (χ4v) is 0.522. The number of ether oxygens (including phenoxy) is 1. The van der Waals surface area contributed by atoms with Gasteiger partial charge in [-0.3, -0.25) is 4.79 Å². The first kappa shape index (κ1) is 10.0. The number of hydrogen-bond donors (Lipinski definition) is 1. The third-order valence-electron chi connectivity index (χ3n) is 0.899. The van der Waals surface area contributed by atoms with Gasteiger partial charge in [-0.2, -0.15) is 0 Å². The molecule has 1 aliphatic heterocycles. The van der Waals surface area contributed by atoms with Crippen LogP contribution in [0.3, 0.4) is 0 Å². The molecule has 0 bridgehead atoms. The highest BCUT2D eigenvalue weighted by Gasteiger charge is 2.20. The van der Waals surface area contributed by atoms with E-state index in [1.165, 1.54) is 0 Å². The lowest BCUT2D eigenvalue weighted by atomic mass is 10.4. The van der Waals surface area contributed by atoms with Crippen LogP contribution >= 0.6 is 0 Å². The third kappa shape index (κ3) is 3.08. The molecule has 64 valence electrons.